The van der Waals surface area contributed by atoms with Gasteiger partial charge < -0.3 is 15.5 Å². The summed E-state index contributed by atoms with van der Waals surface area (Å²) in [5.74, 6) is 1.21. The predicted molar refractivity (Wildman–Crippen MR) is 122 cm³/mol. The number of H-pyrrole nitrogens is 1. The van der Waals surface area contributed by atoms with Gasteiger partial charge in [0.1, 0.15) is 5.65 Å². The molecule has 160 valence electrons. The Bertz CT molecular complexity index is 1140. The number of unbranched alkanes of at least 4 members (excludes halogenated alkanes) is 1. The molecule has 0 aliphatic carbocycles. The van der Waals surface area contributed by atoms with Crippen molar-refractivity contribution < 1.29 is 4.74 Å². The van der Waals surface area contributed by atoms with E-state index in [1.54, 1.807) is 12.3 Å². The quantitative estimate of drug-likeness (QED) is 0.430. The van der Waals surface area contributed by atoms with E-state index in [1.165, 1.54) is 6.07 Å². The molecular formula is C23H26N6O2. The van der Waals surface area contributed by atoms with Gasteiger partial charge >= 0.3 is 0 Å². The van der Waals surface area contributed by atoms with E-state index in [1.807, 2.05) is 36.5 Å². The van der Waals surface area contributed by atoms with Crippen molar-refractivity contribution in [3.8, 4) is 5.88 Å². The molecule has 0 saturated carbocycles. The number of pyridine rings is 3. The number of rotatable bonds is 8. The van der Waals surface area contributed by atoms with Gasteiger partial charge in [-0.15, -0.1) is 0 Å². The van der Waals surface area contributed by atoms with Gasteiger partial charge in [-0.25, -0.2) is 9.98 Å². The fourth-order valence-electron chi connectivity index (χ4n) is 3.45. The number of aromatic amines is 1. The van der Waals surface area contributed by atoms with E-state index in [4.69, 9.17) is 10.5 Å². The molecule has 3 aromatic rings. The van der Waals surface area contributed by atoms with Crippen LogP contribution in [0, 0.1) is 0 Å². The van der Waals surface area contributed by atoms with Gasteiger partial charge in [0.25, 0.3) is 0 Å². The second kappa shape index (κ2) is 9.99. The van der Waals surface area contributed by atoms with E-state index in [0.29, 0.717) is 24.0 Å². The van der Waals surface area contributed by atoms with Crippen molar-refractivity contribution in [3.05, 3.63) is 70.3 Å². The molecule has 0 amide bonds. The van der Waals surface area contributed by atoms with Crippen LogP contribution in [-0.2, 0) is 0 Å². The molecule has 0 bridgehead atoms. The van der Waals surface area contributed by atoms with Crippen molar-refractivity contribution in [2.75, 3.05) is 26.2 Å². The average molecular weight is 419 g/mol. The van der Waals surface area contributed by atoms with Gasteiger partial charge in [0.05, 0.1) is 6.61 Å². The van der Waals surface area contributed by atoms with Crippen LogP contribution < -0.4 is 16.0 Å². The number of fused-ring (bicyclic) bond motifs is 1. The van der Waals surface area contributed by atoms with Gasteiger partial charge in [0.2, 0.25) is 11.4 Å². The Morgan fingerprint density at radius 2 is 2.10 bits per heavy atom. The lowest BCUT2D eigenvalue weighted by atomic mass is 10.1. The lowest BCUT2D eigenvalue weighted by Crippen LogP contribution is -2.34. The molecule has 4 rings (SSSR count). The molecule has 0 saturated heterocycles. The molecule has 0 radical (unpaired) electrons. The average Bonchev–Trinajstić information content (AvgIpc) is 2.79. The molecule has 0 spiro atoms. The van der Waals surface area contributed by atoms with Crippen molar-refractivity contribution in [2.45, 2.75) is 19.3 Å². The molecule has 0 unspecified atom stereocenters. The Balaban J connectivity index is 1.22. The van der Waals surface area contributed by atoms with E-state index >= 15 is 0 Å². The maximum atomic E-state index is 11.4. The molecular weight excluding hydrogens is 392 g/mol. The van der Waals surface area contributed by atoms with Crippen LogP contribution in [0.2, 0.25) is 0 Å². The number of aliphatic imine (C=N–C) groups is 1. The Kier molecular flexibility index (Phi) is 6.68. The first-order valence-electron chi connectivity index (χ1n) is 10.5. The number of nitrogens with one attached hydrogen (secondary N) is 1. The maximum Gasteiger partial charge on any atom is 0.249 e. The Hall–Kier alpha value is -3.52. The molecule has 8 nitrogen and oxygen atoms in total. The Labute approximate surface area is 180 Å². The summed E-state index contributed by atoms with van der Waals surface area (Å²) in [5, 5.41) is 0.881. The zero-order valence-corrected chi connectivity index (χ0v) is 17.3. The summed E-state index contributed by atoms with van der Waals surface area (Å²) < 4.78 is 5.76. The molecule has 8 heteroatoms. The van der Waals surface area contributed by atoms with Crippen molar-refractivity contribution in [1.29, 1.82) is 0 Å². The molecule has 0 aromatic carbocycles. The predicted octanol–water partition coefficient (Wildman–Crippen LogP) is 2.80. The fourth-order valence-corrected chi connectivity index (χ4v) is 3.45. The number of aromatic nitrogens is 3. The number of ether oxygens (including phenoxy) is 1. The van der Waals surface area contributed by atoms with Crippen molar-refractivity contribution in [3.63, 3.8) is 0 Å². The SMILES string of the molecule is NC1=C(/C=N/c2ccccn2)CN(CCCCOc2ccc3ccc(=O)[nH]c3n2)CC1. The minimum atomic E-state index is -0.169. The summed E-state index contributed by atoms with van der Waals surface area (Å²) in [5.41, 5.74) is 8.52. The number of hydrogen-bond donors (Lipinski definition) is 2. The zero-order chi connectivity index (χ0) is 21.5. The van der Waals surface area contributed by atoms with Gasteiger partial charge in [-0.3, -0.25) is 9.69 Å². The smallest absolute Gasteiger partial charge is 0.249 e. The highest BCUT2D eigenvalue weighted by Crippen LogP contribution is 2.16. The van der Waals surface area contributed by atoms with Crippen molar-refractivity contribution >= 4 is 23.1 Å². The van der Waals surface area contributed by atoms with E-state index in [2.05, 4.69) is 24.8 Å². The lowest BCUT2D eigenvalue weighted by Gasteiger charge is -2.28. The number of hydrogen-bond acceptors (Lipinski definition) is 7. The topological polar surface area (TPSA) is 109 Å². The van der Waals surface area contributed by atoms with Crippen LogP contribution in [0.5, 0.6) is 5.88 Å². The van der Waals surface area contributed by atoms with Gasteiger partial charge in [-0.1, -0.05) is 6.07 Å². The van der Waals surface area contributed by atoms with Crippen LogP contribution in [0.4, 0.5) is 5.82 Å². The normalized spacial score (nSPS) is 15.1. The van der Waals surface area contributed by atoms with Gasteiger partial charge in [-0.05, 0) is 43.7 Å². The van der Waals surface area contributed by atoms with E-state index in [9.17, 15) is 4.79 Å². The minimum Gasteiger partial charge on any atom is -0.478 e. The first kappa shape index (κ1) is 20.7. The third-order valence-electron chi connectivity index (χ3n) is 5.18. The van der Waals surface area contributed by atoms with Crippen molar-refractivity contribution in [2.24, 2.45) is 10.7 Å². The Morgan fingerprint density at radius 1 is 1.19 bits per heavy atom. The van der Waals surface area contributed by atoms with Gasteiger partial charge in [0, 0.05) is 60.7 Å². The number of nitrogens with zero attached hydrogens (tertiary/aromatic N) is 4. The van der Waals surface area contributed by atoms with E-state index < -0.39 is 0 Å². The maximum absolute atomic E-state index is 11.4. The summed E-state index contributed by atoms with van der Waals surface area (Å²) >= 11 is 0. The summed E-state index contributed by atoms with van der Waals surface area (Å²) in [6.45, 7) is 3.29. The monoisotopic (exact) mass is 418 g/mol. The van der Waals surface area contributed by atoms with Crippen molar-refractivity contribution in [1.82, 2.24) is 19.9 Å². The van der Waals surface area contributed by atoms with Crippen LogP contribution in [0.25, 0.3) is 11.0 Å². The van der Waals surface area contributed by atoms with E-state index in [0.717, 1.165) is 55.6 Å². The van der Waals surface area contributed by atoms with Gasteiger partial charge in [-0.2, -0.15) is 4.98 Å². The van der Waals surface area contributed by atoms with Crippen LogP contribution in [0.15, 0.2) is 69.7 Å². The summed E-state index contributed by atoms with van der Waals surface area (Å²) in [4.78, 5) is 29.5. The minimum absolute atomic E-state index is 0.169. The standard InChI is InChI=1S/C23H26N6O2/c24-19-10-13-29(16-18(19)15-26-20-5-1-2-11-25-20)12-3-4-14-31-22-9-7-17-6-8-21(30)27-23(17)28-22/h1-2,5-9,11,15H,3-4,10,12-14,16,24H2,(H,27,28,30)/b26-15+. The van der Waals surface area contributed by atoms with Gasteiger partial charge in [0.15, 0.2) is 5.82 Å². The molecule has 0 fully saturated rings. The fraction of sp³-hybridized carbons (Fsp3) is 0.304. The van der Waals surface area contributed by atoms with Crippen LogP contribution in [-0.4, -0.2) is 52.3 Å². The lowest BCUT2D eigenvalue weighted by molar-refractivity contribution is 0.255. The van der Waals surface area contributed by atoms with E-state index in [-0.39, 0.29) is 5.56 Å². The molecule has 31 heavy (non-hydrogen) atoms. The molecule has 1 aliphatic rings. The first-order valence-corrected chi connectivity index (χ1v) is 10.5. The molecule has 1 aliphatic heterocycles. The third kappa shape index (κ3) is 5.76. The van der Waals surface area contributed by atoms with Crippen LogP contribution in [0.3, 0.4) is 0 Å². The summed E-state index contributed by atoms with van der Waals surface area (Å²) in [6, 6.07) is 12.6. The summed E-state index contributed by atoms with van der Waals surface area (Å²) in [7, 11) is 0. The molecule has 3 N–H and O–H groups in total. The number of nitrogens with two attached hydrogens (primary N) is 1. The second-order valence-corrected chi connectivity index (χ2v) is 7.49. The first-order chi connectivity index (χ1) is 15.2. The van der Waals surface area contributed by atoms with Crippen LogP contribution >= 0.6 is 0 Å². The summed E-state index contributed by atoms with van der Waals surface area (Å²) in [6.07, 6.45) is 6.33. The highest BCUT2D eigenvalue weighted by Gasteiger charge is 2.15. The van der Waals surface area contributed by atoms with Crippen LogP contribution in [0.1, 0.15) is 19.3 Å². The molecule has 4 heterocycles. The zero-order valence-electron chi connectivity index (χ0n) is 17.3. The Morgan fingerprint density at radius 3 is 2.97 bits per heavy atom. The molecule has 3 aromatic heterocycles. The third-order valence-corrected chi connectivity index (χ3v) is 5.18. The largest absolute Gasteiger partial charge is 0.478 e. The second-order valence-electron chi connectivity index (χ2n) is 7.49. The molecule has 0 atom stereocenters. The highest BCUT2D eigenvalue weighted by molar-refractivity contribution is 5.82. The highest BCUT2D eigenvalue weighted by atomic mass is 16.5.